The molecule has 0 radical (unpaired) electrons. The summed E-state index contributed by atoms with van der Waals surface area (Å²) in [4.78, 5) is 26.7. The van der Waals surface area contributed by atoms with E-state index in [4.69, 9.17) is 5.73 Å². The van der Waals surface area contributed by atoms with Gasteiger partial charge in [0, 0.05) is 19.1 Å². The molecule has 0 spiro atoms. The van der Waals surface area contributed by atoms with Crippen molar-refractivity contribution in [3.8, 4) is 0 Å². The lowest BCUT2D eigenvalue weighted by atomic mass is 9.89. The number of thiazole rings is 1. The zero-order valence-corrected chi connectivity index (χ0v) is 15.2. The topological polar surface area (TPSA) is 109 Å². The van der Waals surface area contributed by atoms with E-state index in [9.17, 15) is 4.79 Å². The first-order valence-corrected chi connectivity index (χ1v) is 9.20. The minimum atomic E-state index is -0.612. The number of carbonyl (C=O) groups excluding carboxylic acids is 1. The van der Waals surface area contributed by atoms with Gasteiger partial charge in [-0.15, -0.1) is 11.3 Å². The molecule has 2 heterocycles. The minimum Gasteiger partial charge on any atom is -0.364 e. The molecule has 1 aliphatic rings. The summed E-state index contributed by atoms with van der Waals surface area (Å²) in [6.07, 6.45) is 7.96. The Morgan fingerprint density at radius 3 is 2.84 bits per heavy atom. The summed E-state index contributed by atoms with van der Waals surface area (Å²) in [5, 5.41) is 7.28. The standard InChI is InChI=1S/C16H23N7OS/c1-18-10-5-3-4-6-11(10)23(2)12-7-20-14(15(17)24)16(21-12)22-13-8-19-9-25-13/h7-11,18H,3-6H2,1-2H3,(H2,17,24)(H,21,22). The molecule has 0 aliphatic heterocycles. The highest BCUT2D eigenvalue weighted by atomic mass is 32.1. The lowest BCUT2D eigenvalue weighted by molar-refractivity contribution is 0.0996. The van der Waals surface area contributed by atoms with E-state index in [0.29, 0.717) is 23.7 Å². The zero-order chi connectivity index (χ0) is 17.8. The second-order valence-electron chi connectivity index (χ2n) is 6.14. The predicted octanol–water partition coefficient (Wildman–Crippen LogP) is 1.74. The summed E-state index contributed by atoms with van der Waals surface area (Å²) in [5.74, 6) is 0.460. The van der Waals surface area contributed by atoms with Gasteiger partial charge in [0.25, 0.3) is 5.91 Å². The molecule has 2 aromatic rings. The smallest absolute Gasteiger partial charge is 0.271 e. The maximum Gasteiger partial charge on any atom is 0.271 e. The van der Waals surface area contributed by atoms with E-state index in [0.717, 1.165) is 17.8 Å². The Balaban J connectivity index is 1.89. The number of likely N-dealkylation sites (N-methyl/N-ethyl adjacent to an activating group) is 2. The number of rotatable bonds is 6. The predicted molar refractivity (Wildman–Crippen MR) is 99.5 cm³/mol. The first-order chi connectivity index (χ1) is 12.1. The molecule has 1 aliphatic carbocycles. The van der Waals surface area contributed by atoms with E-state index < -0.39 is 5.91 Å². The van der Waals surface area contributed by atoms with Gasteiger partial charge >= 0.3 is 0 Å². The molecule has 8 nitrogen and oxygen atoms in total. The van der Waals surface area contributed by atoms with Gasteiger partial charge in [-0.2, -0.15) is 0 Å². The largest absolute Gasteiger partial charge is 0.364 e. The van der Waals surface area contributed by atoms with E-state index in [-0.39, 0.29) is 5.69 Å². The average molecular weight is 361 g/mol. The number of nitrogens with two attached hydrogens (primary N) is 1. The minimum absolute atomic E-state index is 0.124. The molecule has 2 aromatic heterocycles. The number of anilines is 3. The maximum atomic E-state index is 11.7. The Morgan fingerprint density at radius 2 is 2.16 bits per heavy atom. The first kappa shape index (κ1) is 17.6. The van der Waals surface area contributed by atoms with Crippen LogP contribution in [0.4, 0.5) is 16.6 Å². The van der Waals surface area contributed by atoms with E-state index in [1.165, 1.54) is 24.2 Å². The van der Waals surface area contributed by atoms with Crippen LogP contribution in [-0.4, -0.2) is 47.0 Å². The molecule has 0 bridgehead atoms. The monoisotopic (exact) mass is 361 g/mol. The lowest BCUT2D eigenvalue weighted by Crippen LogP contribution is -2.49. The molecule has 2 unspecified atom stereocenters. The van der Waals surface area contributed by atoms with Crippen molar-refractivity contribution in [2.45, 2.75) is 37.8 Å². The van der Waals surface area contributed by atoms with Crippen molar-refractivity contribution in [1.29, 1.82) is 0 Å². The van der Waals surface area contributed by atoms with Crippen LogP contribution in [0.15, 0.2) is 17.9 Å². The number of nitrogens with zero attached hydrogens (tertiary/aromatic N) is 4. The van der Waals surface area contributed by atoms with Crippen LogP contribution >= 0.6 is 11.3 Å². The van der Waals surface area contributed by atoms with Crippen LogP contribution in [0, 0.1) is 0 Å². The zero-order valence-electron chi connectivity index (χ0n) is 14.4. The highest BCUT2D eigenvalue weighted by Crippen LogP contribution is 2.27. The molecule has 2 atom stereocenters. The molecule has 1 saturated carbocycles. The molecule has 25 heavy (non-hydrogen) atoms. The molecule has 9 heteroatoms. The Hall–Kier alpha value is -2.26. The molecule has 0 aromatic carbocycles. The van der Waals surface area contributed by atoms with Gasteiger partial charge < -0.3 is 21.3 Å². The van der Waals surface area contributed by atoms with Crippen LogP contribution in [0.5, 0.6) is 0 Å². The van der Waals surface area contributed by atoms with Gasteiger partial charge in [-0.05, 0) is 19.9 Å². The van der Waals surface area contributed by atoms with Gasteiger partial charge in [-0.1, -0.05) is 12.8 Å². The van der Waals surface area contributed by atoms with Crippen molar-refractivity contribution in [2.24, 2.45) is 5.73 Å². The van der Waals surface area contributed by atoms with Gasteiger partial charge in [-0.3, -0.25) is 9.78 Å². The molecular formula is C16H23N7OS. The average Bonchev–Trinajstić information content (AvgIpc) is 3.13. The number of hydrogen-bond acceptors (Lipinski definition) is 8. The van der Waals surface area contributed by atoms with Crippen molar-refractivity contribution in [3.05, 3.63) is 23.6 Å². The van der Waals surface area contributed by atoms with E-state index in [1.807, 2.05) is 14.1 Å². The Labute approximate surface area is 150 Å². The van der Waals surface area contributed by atoms with Crippen LogP contribution in [0.1, 0.15) is 36.2 Å². The Morgan fingerprint density at radius 1 is 1.36 bits per heavy atom. The van der Waals surface area contributed by atoms with Crippen molar-refractivity contribution >= 4 is 33.9 Å². The number of nitrogens with one attached hydrogen (secondary N) is 2. The molecule has 4 N–H and O–H groups in total. The second-order valence-corrected chi connectivity index (χ2v) is 7.02. The van der Waals surface area contributed by atoms with E-state index >= 15 is 0 Å². The van der Waals surface area contributed by atoms with Crippen LogP contribution in [-0.2, 0) is 0 Å². The van der Waals surface area contributed by atoms with Crippen LogP contribution in [0.3, 0.4) is 0 Å². The summed E-state index contributed by atoms with van der Waals surface area (Å²) in [7, 11) is 4.01. The highest BCUT2D eigenvalue weighted by molar-refractivity contribution is 7.13. The normalized spacial score (nSPS) is 20.2. The summed E-state index contributed by atoms with van der Waals surface area (Å²) in [5.41, 5.74) is 7.27. The Kier molecular flexibility index (Phi) is 5.44. The molecule has 1 fully saturated rings. The van der Waals surface area contributed by atoms with Gasteiger partial charge in [0.1, 0.15) is 10.8 Å². The van der Waals surface area contributed by atoms with Crippen LogP contribution < -0.4 is 21.3 Å². The second kappa shape index (κ2) is 7.75. The summed E-state index contributed by atoms with van der Waals surface area (Å²) < 4.78 is 0. The fourth-order valence-electron chi connectivity index (χ4n) is 3.29. The number of carbonyl (C=O) groups is 1. The fourth-order valence-corrected chi connectivity index (χ4v) is 3.81. The van der Waals surface area contributed by atoms with Crippen molar-refractivity contribution in [1.82, 2.24) is 20.3 Å². The number of hydrogen-bond donors (Lipinski definition) is 3. The van der Waals surface area contributed by atoms with Crippen molar-refractivity contribution in [3.63, 3.8) is 0 Å². The molecular weight excluding hydrogens is 338 g/mol. The van der Waals surface area contributed by atoms with Crippen molar-refractivity contribution < 1.29 is 4.79 Å². The third-order valence-corrected chi connectivity index (χ3v) is 5.31. The molecule has 3 rings (SSSR count). The first-order valence-electron chi connectivity index (χ1n) is 8.32. The maximum absolute atomic E-state index is 11.7. The molecule has 134 valence electrons. The number of aromatic nitrogens is 3. The Bertz CT molecular complexity index is 721. The van der Waals surface area contributed by atoms with Gasteiger partial charge in [0.15, 0.2) is 11.5 Å². The summed E-state index contributed by atoms with van der Waals surface area (Å²) >= 11 is 1.42. The SMILES string of the molecule is CNC1CCCCC1N(C)c1cnc(C(N)=O)c(Nc2cncs2)n1. The molecule has 1 amide bonds. The highest BCUT2D eigenvalue weighted by Gasteiger charge is 2.28. The van der Waals surface area contributed by atoms with Crippen molar-refractivity contribution in [2.75, 3.05) is 24.3 Å². The van der Waals surface area contributed by atoms with Crippen LogP contribution in [0.2, 0.25) is 0 Å². The van der Waals surface area contributed by atoms with Crippen LogP contribution in [0.25, 0.3) is 0 Å². The number of amides is 1. The van der Waals surface area contributed by atoms with Gasteiger partial charge in [-0.25, -0.2) is 9.97 Å². The van der Waals surface area contributed by atoms with Gasteiger partial charge in [0.05, 0.1) is 17.9 Å². The van der Waals surface area contributed by atoms with Gasteiger partial charge in [0.2, 0.25) is 0 Å². The summed E-state index contributed by atoms with van der Waals surface area (Å²) in [6.45, 7) is 0. The third-order valence-electron chi connectivity index (χ3n) is 4.63. The third kappa shape index (κ3) is 3.88. The number of primary amides is 1. The molecule has 0 saturated heterocycles. The van der Waals surface area contributed by atoms with E-state index in [1.54, 1.807) is 17.9 Å². The quantitative estimate of drug-likeness (QED) is 0.719. The van der Waals surface area contributed by atoms with E-state index in [2.05, 4.69) is 30.5 Å². The fraction of sp³-hybridized carbons (Fsp3) is 0.500. The lowest BCUT2D eigenvalue weighted by Gasteiger charge is -2.38. The summed E-state index contributed by atoms with van der Waals surface area (Å²) in [6, 6.07) is 0.748.